The average molecular weight is 261 g/mol. The Morgan fingerprint density at radius 2 is 2.21 bits per heavy atom. The quantitative estimate of drug-likeness (QED) is 0.848. The highest BCUT2D eigenvalue weighted by Crippen LogP contribution is 2.48. The van der Waals surface area contributed by atoms with Crippen molar-refractivity contribution in [3.63, 3.8) is 0 Å². The van der Waals surface area contributed by atoms with Crippen LogP contribution in [0.25, 0.3) is 0 Å². The third-order valence-corrected chi connectivity index (χ3v) is 4.63. The molecule has 1 aromatic rings. The van der Waals surface area contributed by atoms with Gasteiger partial charge in [0, 0.05) is 24.3 Å². The molecule has 5 heteroatoms. The number of nitrogens with zero attached hydrogens (tertiary/aromatic N) is 2. The summed E-state index contributed by atoms with van der Waals surface area (Å²) in [5.41, 5.74) is 1.19. The van der Waals surface area contributed by atoms with Gasteiger partial charge in [0.05, 0.1) is 0 Å². The molecule has 3 rings (SSSR count). The summed E-state index contributed by atoms with van der Waals surface area (Å²) in [5.74, 6) is 1.16. The van der Waals surface area contributed by atoms with E-state index in [0.717, 1.165) is 18.5 Å². The first-order chi connectivity index (χ1) is 9.19. The number of amides is 1. The Hall–Kier alpha value is -1.49. The molecule has 0 saturated heterocycles. The van der Waals surface area contributed by atoms with Crippen LogP contribution in [0.1, 0.15) is 35.4 Å². The Labute approximate surface area is 112 Å². The van der Waals surface area contributed by atoms with Crippen molar-refractivity contribution in [2.24, 2.45) is 17.8 Å². The van der Waals surface area contributed by atoms with E-state index in [1.165, 1.54) is 12.7 Å². The molecule has 2 bridgehead atoms. The van der Waals surface area contributed by atoms with Crippen molar-refractivity contribution in [3.8, 4) is 0 Å². The maximum atomic E-state index is 12.2. The summed E-state index contributed by atoms with van der Waals surface area (Å²) in [5, 5.41) is 12.6. The Bertz CT molecular complexity index is 491. The lowest BCUT2D eigenvalue weighted by atomic mass is 9.85. The highest BCUT2D eigenvalue weighted by molar-refractivity contribution is 5.92. The van der Waals surface area contributed by atoms with Crippen LogP contribution in [0.4, 0.5) is 0 Å². The molecular formula is C14H19N3O2. The molecule has 0 aliphatic heterocycles. The lowest BCUT2D eigenvalue weighted by Crippen LogP contribution is -2.45. The summed E-state index contributed by atoms with van der Waals surface area (Å²) < 4.78 is 0. The van der Waals surface area contributed by atoms with E-state index in [9.17, 15) is 9.90 Å². The number of aliphatic hydroxyl groups is 1. The zero-order valence-corrected chi connectivity index (χ0v) is 11.0. The van der Waals surface area contributed by atoms with Crippen LogP contribution in [-0.2, 0) is 0 Å². The average Bonchev–Trinajstić information content (AvgIpc) is 2.99. The maximum Gasteiger partial charge on any atom is 0.270 e. The van der Waals surface area contributed by atoms with Crippen LogP contribution < -0.4 is 5.32 Å². The van der Waals surface area contributed by atoms with Gasteiger partial charge in [-0.15, -0.1) is 0 Å². The van der Waals surface area contributed by atoms with Crippen LogP contribution in [0.2, 0.25) is 0 Å². The summed E-state index contributed by atoms with van der Waals surface area (Å²) in [6.07, 6.45) is 4.90. The second-order valence-corrected chi connectivity index (χ2v) is 5.72. The number of hydrogen-bond acceptors (Lipinski definition) is 4. The van der Waals surface area contributed by atoms with E-state index in [0.29, 0.717) is 17.5 Å². The van der Waals surface area contributed by atoms with Crippen LogP contribution in [0, 0.1) is 24.7 Å². The summed E-state index contributed by atoms with van der Waals surface area (Å²) >= 11 is 0. The van der Waals surface area contributed by atoms with Crippen LogP contribution in [-0.4, -0.2) is 33.6 Å². The number of hydrogen-bond donors (Lipinski definition) is 2. The van der Waals surface area contributed by atoms with Gasteiger partial charge in [-0.1, -0.05) is 0 Å². The van der Waals surface area contributed by atoms with E-state index in [4.69, 9.17) is 0 Å². The highest BCUT2D eigenvalue weighted by atomic mass is 16.3. The van der Waals surface area contributed by atoms with Gasteiger partial charge in [-0.05, 0) is 44.1 Å². The Morgan fingerprint density at radius 1 is 1.42 bits per heavy atom. The lowest BCUT2D eigenvalue weighted by Gasteiger charge is -2.30. The molecule has 4 atom stereocenters. The van der Waals surface area contributed by atoms with Gasteiger partial charge >= 0.3 is 0 Å². The molecule has 4 unspecified atom stereocenters. The molecule has 2 fully saturated rings. The molecule has 0 aromatic carbocycles. The third kappa shape index (κ3) is 2.23. The van der Waals surface area contributed by atoms with Crippen molar-refractivity contribution >= 4 is 5.91 Å². The number of nitrogens with one attached hydrogen (secondary N) is 1. The van der Waals surface area contributed by atoms with Gasteiger partial charge in [0.2, 0.25) is 0 Å². The molecular weight excluding hydrogens is 242 g/mol. The number of carbonyl (C=O) groups is 1. The number of aryl methyl sites for hydroxylation is 1. The van der Waals surface area contributed by atoms with Crippen molar-refractivity contribution < 1.29 is 9.90 Å². The molecule has 2 aliphatic rings. The van der Waals surface area contributed by atoms with Gasteiger partial charge in [-0.25, -0.2) is 9.97 Å². The normalized spacial score (nSPS) is 32.5. The van der Waals surface area contributed by atoms with Crippen molar-refractivity contribution in [2.75, 3.05) is 6.61 Å². The summed E-state index contributed by atoms with van der Waals surface area (Å²) in [6.45, 7) is 2.00. The summed E-state index contributed by atoms with van der Waals surface area (Å²) in [7, 11) is 0. The highest BCUT2D eigenvalue weighted by Gasteiger charge is 2.47. The standard InChI is InChI=1S/C14H19N3O2/c1-8-4-12(16-7-15-8)14(19)17-13-10-3-2-9(5-10)11(13)6-18/h4,7,9-11,13,18H,2-3,5-6H2,1H3,(H,17,19). The van der Waals surface area contributed by atoms with Gasteiger partial charge in [0.1, 0.15) is 12.0 Å². The lowest BCUT2D eigenvalue weighted by molar-refractivity contribution is 0.0856. The van der Waals surface area contributed by atoms with Crippen molar-refractivity contribution in [1.29, 1.82) is 0 Å². The molecule has 1 amide bonds. The number of rotatable bonds is 3. The minimum atomic E-state index is -0.151. The van der Waals surface area contributed by atoms with Crippen molar-refractivity contribution in [2.45, 2.75) is 32.2 Å². The number of carbonyl (C=O) groups excluding carboxylic acids is 1. The Kier molecular flexibility index (Phi) is 3.22. The fourth-order valence-electron chi connectivity index (χ4n) is 3.70. The molecule has 1 heterocycles. The fraction of sp³-hybridized carbons (Fsp3) is 0.643. The van der Waals surface area contributed by atoms with E-state index in [1.54, 1.807) is 6.07 Å². The molecule has 2 aliphatic carbocycles. The number of aliphatic hydroxyl groups excluding tert-OH is 1. The van der Waals surface area contributed by atoms with Crippen LogP contribution in [0.5, 0.6) is 0 Å². The zero-order chi connectivity index (χ0) is 13.4. The molecule has 0 spiro atoms. The van der Waals surface area contributed by atoms with E-state index in [2.05, 4.69) is 15.3 Å². The van der Waals surface area contributed by atoms with E-state index >= 15 is 0 Å². The monoisotopic (exact) mass is 261 g/mol. The minimum Gasteiger partial charge on any atom is -0.396 e. The summed E-state index contributed by atoms with van der Waals surface area (Å²) in [6, 6.07) is 1.79. The van der Waals surface area contributed by atoms with Crippen molar-refractivity contribution in [3.05, 3.63) is 23.8 Å². The first-order valence-electron chi connectivity index (χ1n) is 6.89. The van der Waals surface area contributed by atoms with Crippen LogP contribution in [0.15, 0.2) is 12.4 Å². The van der Waals surface area contributed by atoms with Crippen LogP contribution >= 0.6 is 0 Å². The molecule has 102 valence electrons. The Morgan fingerprint density at radius 3 is 2.95 bits per heavy atom. The zero-order valence-electron chi connectivity index (χ0n) is 11.0. The van der Waals surface area contributed by atoms with Crippen LogP contribution in [0.3, 0.4) is 0 Å². The van der Waals surface area contributed by atoms with Gasteiger partial charge in [-0.2, -0.15) is 0 Å². The van der Waals surface area contributed by atoms with E-state index in [1.807, 2.05) is 6.92 Å². The van der Waals surface area contributed by atoms with Crippen molar-refractivity contribution in [1.82, 2.24) is 15.3 Å². The largest absolute Gasteiger partial charge is 0.396 e. The predicted molar refractivity (Wildman–Crippen MR) is 69.4 cm³/mol. The fourth-order valence-corrected chi connectivity index (χ4v) is 3.70. The second kappa shape index (κ2) is 4.89. The van der Waals surface area contributed by atoms with E-state index < -0.39 is 0 Å². The smallest absolute Gasteiger partial charge is 0.270 e. The summed E-state index contributed by atoms with van der Waals surface area (Å²) in [4.78, 5) is 20.2. The number of aromatic nitrogens is 2. The first kappa shape index (κ1) is 12.5. The first-order valence-corrected chi connectivity index (χ1v) is 6.89. The van der Waals surface area contributed by atoms with E-state index in [-0.39, 0.29) is 24.5 Å². The predicted octanol–water partition coefficient (Wildman–Crippen LogP) is 0.922. The third-order valence-electron chi connectivity index (χ3n) is 4.63. The van der Waals surface area contributed by atoms with Gasteiger partial charge in [-0.3, -0.25) is 4.79 Å². The molecule has 5 nitrogen and oxygen atoms in total. The van der Waals surface area contributed by atoms with Gasteiger partial charge in [0.15, 0.2) is 0 Å². The molecule has 2 N–H and O–H groups in total. The molecule has 2 saturated carbocycles. The topological polar surface area (TPSA) is 75.1 Å². The Balaban J connectivity index is 1.73. The number of fused-ring (bicyclic) bond motifs is 2. The van der Waals surface area contributed by atoms with Gasteiger partial charge < -0.3 is 10.4 Å². The maximum absolute atomic E-state index is 12.2. The van der Waals surface area contributed by atoms with Gasteiger partial charge in [0.25, 0.3) is 5.91 Å². The second-order valence-electron chi connectivity index (χ2n) is 5.72. The SMILES string of the molecule is Cc1cc(C(=O)NC2C3CCC(C3)C2CO)ncn1. The minimum absolute atomic E-state index is 0.103. The molecule has 0 radical (unpaired) electrons. The molecule has 19 heavy (non-hydrogen) atoms. The molecule has 1 aromatic heterocycles.